The SMILES string of the molecule is COC(=O)CSC(C)C(=O)Nc1nnc(-c2ccccc2)s1. The number of methoxy groups -OCH3 is 1. The average molecular weight is 337 g/mol. The Balaban J connectivity index is 1.92. The van der Waals surface area contributed by atoms with E-state index in [0.717, 1.165) is 10.6 Å². The van der Waals surface area contributed by atoms with Crippen molar-refractivity contribution in [3.63, 3.8) is 0 Å². The third-order valence-corrected chi connectivity index (χ3v) is 4.73. The van der Waals surface area contributed by atoms with Crippen LogP contribution < -0.4 is 5.32 Å². The average Bonchev–Trinajstić information content (AvgIpc) is 3.01. The van der Waals surface area contributed by atoms with Crippen LogP contribution in [0.25, 0.3) is 10.6 Å². The van der Waals surface area contributed by atoms with E-state index in [9.17, 15) is 9.59 Å². The molecule has 0 spiro atoms. The summed E-state index contributed by atoms with van der Waals surface area (Å²) in [5.41, 5.74) is 0.952. The number of nitrogens with one attached hydrogen (secondary N) is 1. The Kier molecular flexibility index (Phi) is 5.91. The molecule has 2 rings (SSSR count). The first-order valence-electron chi connectivity index (χ1n) is 6.48. The number of carbonyl (C=O) groups excluding carboxylic acids is 2. The van der Waals surface area contributed by atoms with E-state index < -0.39 is 0 Å². The summed E-state index contributed by atoms with van der Waals surface area (Å²) >= 11 is 2.52. The molecule has 0 aliphatic rings. The van der Waals surface area contributed by atoms with E-state index >= 15 is 0 Å². The Labute approximate surface area is 136 Å². The molecule has 1 unspecified atom stereocenters. The van der Waals surface area contributed by atoms with Gasteiger partial charge in [-0.05, 0) is 6.92 Å². The van der Waals surface area contributed by atoms with Crippen LogP contribution in [0.3, 0.4) is 0 Å². The number of hydrogen-bond acceptors (Lipinski definition) is 7. The largest absolute Gasteiger partial charge is 0.468 e. The van der Waals surface area contributed by atoms with Crippen molar-refractivity contribution in [1.29, 1.82) is 0 Å². The van der Waals surface area contributed by atoms with E-state index in [1.165, 1.54) is 30.2 Å². The summed E-state index contributed by atoms with van der Waals surface area (Å²) in [5, 5.41) is 11.5. The lowest BCUT2D eigenvalue weighted by atomic mass is 10.2. The zero-order valence-electron chi connectivity index (χ0n) is 12.1. The fraction of sp³-hybridized carbons (Fsp3) is 0.286. The number of amides is 1. The number of carbonyl (C=O) groups is 2. The third kappa shape index (κ3) is 4.54. The molecule has 0 radical (unpaired) electrons. The first kappa shape index (κ1) is 16.4. The van der Waals surface area contributed by atoms with Crippen LogP contribution in [0.2, 0.25) is 0 Å². The summed E-state index contributed by atoms with van der Waals surface area (Å²) in [7, 11) is 1.32. The standard InChI is InChI=1S/C14H15N3O3S2/c1-9(21-8-11(18)20-2)12(19)15-14-17-16-13(22-14)10-6-4-3-5-7-10/h3-7,9H,8H2,1-2H3,(H,15,17,19). The Bertz CT molecular complexity index is 646. The maximum absolute atomic E-state index is 12.0. The number of benzene rings is 1. The van der Waals surface area contributed by atoms with Gasteiger partial charge in [-0.2, -0.15) is 0 Å². The van der Waals surface area contributed by atoms with Gasteiger partial charge in [0.25, 0.3) is 0 Å². The smallest absolute Gasteiger partial charge is 0.315 e. The van der Waals surface area contributed by atoms with E-state index in [4.69, 9.17) is 0 Å². The summed E-state index contributed by atoms with van der Waals surface area (Å²) < 4.78 is 4.54. The zero-order valence-corrected chi connectivity index (χ0v) is 13.7. The fourth-order valence-corrected chi connectivity index (χ4v) is 2.97. The second-order valence-electron chi connectivity index (χ2n) is 4.30. The second kappa shape index (κ2) is 7.90. The predicted molar refractivity (Wildman–Crippen MR) is 87.9 cm³/mol. The first-order valence-corrected chi connectivity index (χ1v) is 8.35. The molecule has 0 aliphatic carbocycles. The molecule has 0 bridgehead atoms. The van der Waals surface area contributed by atoms with Crippen LogP contribution in [0.1, 0.15) is 6.92 Å². The Hall–Kier alpha value is -1.93. The molecule has 1 aromatic heterocycles. The minimum absolute atomic E-state index is 0.135. The number of anilines is 1. The number of ether oxygens (including phenoxy) is 1. The minimum atomic E-state index is -0.386. The molecule has 0 saturated carbocycles. The molecule has 22 heavy (non-hydrogen) atoms. The van der Waals surface area contributed by atoms with Crippen LogP contribution in [0, 0.1) is 0 Å². The lowest BCUT2D eigenvalue weighted by Gasteiger charge is -2.08. The molecule has 1 amide bonds. The molecule has 6 nitrogen and oxygen atoms in total. The van der Waals surface area contributed by atoms with Crippen molar-refractivity contribution in [2.45, 2.75) is 12.2 Å². The summed E-state index contributed by atoms with van der Waals surface area (Å²) in [6.07, 6.45) is 0. The number of rotatable bonds is 6. The lowest BCUT2D eigenvalue weighted by molar-refractivity contribution is -0.137. The molecule has 2 aromatic rings. The van der Waals surface area contributed by atoms with Gasteiger partial charge < -0.3 is 4.74 Å². The van der Waals surface area contributed by atoms with Gasteiger partial charge in [-0.3, -0.25) is 14.9 Å². The maximum Gasteiger partial charge on any atom is 0.315 e. The summed E-state index contributed by atoms with van der Waals surface area (Å²) in [4.78, 5) is 23.1. The number of thioether (sulfide) groups is 1. The van der Waals surface area contributed by atoms with Gasteiger partial charge in [-0.15, -0.1) is 22.0 Å². The summed E-state index contributed by atoms with van der Waals surface area (Å²) in [5.74, 6) is -0.437. The third-order valence-electron chi connectivity index (χ3n) is 2.72. The van der Waals surface area contributed by atoms with E-state index in [2.05, 4.69) is 20.3 Å². The lowest BCUT2D eigenvalue weighted by Crippen LogP contribution is -2.23. The molecular formula is C14H15N3O3S2. The molecule has 0 saturated heterocycles. The molecule has 0 fully saturated rings. The Morgan fingerprint density at radius 1 is 1.32 bits per heavy atom. The van der Waals surface area contributed by atoms with E-state index in [1.54, 1.807) is 6.92 Å². The number of nitrogens with zero attached hydrogens (tertiary/aromatic N) is 2. The summed E-state index contributed by atoms with van der Waals surface area (Å²) in [6.45, 7) is 1.72. The predicted octanol–water partition coefficient (Wildman–Crippen LogP) is 2.44. The van der Waals surface area contributed by atoms with Gasteiger partial charge in [0.2, 0.25) is 11.0 Å². The zero-order chi connectivity index (χ0) is 15.9. The van der Waals surface area contributed by atoms with Crippen molar-refractivity contribution >= 4 is 40.1 Å². The van der Waals surface area contributed by atoms with Crippen molar-refractivity contribution in [3.8, 4) is 10.6 Å². The van der Waals surface area contributed by atoms with E-state index in [1.807, 2.05) is 30.3 Å². The van der Waals surface area contributed by atoms with Crippen molar-refractivity contribution < 1.29 is 14.3 Å². The van der Waals surface area contributed by atoms with Crippen molar-refractivity contribution in [2.24, 2.45) is 0 Å². The van der Waals surface area contributed by atoms with Crippen LogP contribution in [0.4, 0.5) is 5.13 Å². The van der Waals surface area contributed by atoms with Gasteiger partial charge in [-0.25, -0.2) is 0 Å². The molecule has 1 aromatic carbocycles. The topological polar surface area (TPSA) is 81.2 Å². The molecule has 1 heterocycles. The fourth-order valence-electron chi connectivity index (χ4n) is 1.51. The van der Waals surface area contributed by atoms with Crippen LogP contribution in [-0.2, 0) is 14.3 Å². The highest BCUT2D eigenvalue weighted by atomic mass is 32.2. The highest BCUT2D eigenvalue weighted by Crippen LogP contribution is 2.26. The van der Waals surface area contributed by atoms with Gasteiger partial charge in [0, 0.05) is 5.56 Å². The first-order chi connectivity index (χ1) is 10.6. The number of hydrogen-bond donors (Lipinski definition) is 1. The van der Waals surface area contributed by atoms with Crippen LogP contribution in [0.15, 0.2) is 30.3 Å². The van der Waals surface area contributed by atoms with Crippen LogP contribution in [-0.4, -0.2) is 40.2 Å². The van der Waals surface area contributed by atoms with Crippen molar-refractivity contribution in [3.05, 3.63) is 30.3 Å². The van der Waals surface area contributed by atoms with Crippen LogP contribution >= 0.6 is 23.1 Å². The van der Waals surface area contributed by atoms with Gasteiger partial charge in [0.1, 0.15) is 5.01 Å². The van der Waals surface area contributed by atoms with Crippen LogP contribution in [0.5, 0.6) is 0 Å². The van der Waals surface area contributed by atoms with Gasteiger partial charge in [-0.1, -0.05) is 41.7 Å². The molecule has 1 atom stereocenters. The molecule has 8 heteroatoms. The van der Waals surface area contributed by atoms with E-state index in [-0.39, 0.29) is 22.9 Å². The van der Waals surface area contributed by atoms with Gasteiger partial charge >= 0.3 is 5.97 Å². The molecule has 0 aliphatic heterocycles. The van der Waals surface area contributed by atoms with Crippen molar-refractivity contribution in [2.75, 3.05) is 18.2 Å². The molecule has 1 N–H and O–H groups in total. The molecular weight excluding hydrogens is 322 g/mol. The Morgan fingerprint density at radius 2 is 2.05 bits per heavy atom. The van der Waals surface area contributed by atoms with Gasteiger partial charge in [0.05, 0.1) is 18.1 Å². The highest BCUT2D eigenvalue weighted by molar-refractivity contribution is 8.01. The summed E-state index contributed by atoms with van der Waals surface area (Å²) in [6, 6.07) is 9.62. The highest BCUT2D eigenvalue weighted by Gasteiger charge is 2.17. The van der Waals surface area contributed by atoms with E-state index in [0.29, 0.717) is 5.13 Å². The normalized spacial score (nSPS) is 11.7. The van der Waals surface area contributed by atoms with Gasteiger partial charge in [0.15, 0.2) is 0 Å². The minimum Gasteiger partial charge on any atom is -0.468 e. The Morgan fingerprint density at radius 3 is 2.73 bits per heavy atom. The monoisotopic (exact) mass is 337 g/mol. The number of aromatic nitrogens is 2. The number of esters is 1. The van der Waals surface area contributed by atoms with Crippen molar-refractivity contribution in [1.82, 2.24) is 10.2 Å². The molecule has 116 valence electrons. The second-order valence-corrected chi connectivity index (χ2v) is 6.60. The maximum atomic E-state index is 12.0. The quantitative estimate of drug-likeness (QED) is 0.816.